The summed E-state index contributed by atoms with van der Waals surface area (Å²) >= 11 is 3.50. The van der Waals surface area contributed by atoms with Gasteiger partial charge < -0.3 is 19.9 Å². The van der Waals surface area contributed by atoms with Crippen LogP contribution < -0.4 is 14.8 Å². The van der Waals surface area contributed by atoms with E-state index in [4.69, 9.17) is 9.47 Å². The largest absolute Gasteiger partial charge is 0.493 e. The molecule has 1 fully saturated rings. The van der Waals surface area contributed by atoms with Crippen molar-refractivity contribution in [1.82, 2.24) is 5.32 Å². The summed E-state index contributed by atoms with van der Waals surface area (Å²) in [4.78, 5) is 0. The molecule has 2 atom stereocenters. The first-order valence-electron chi connectivity index (χ1n) is 6.72. The Morgan fingerprint density at radius 2 is 2.05 bits per heavy atom. The van der Waals surface area contributed by atoms with Gasteiger partial charge in [0.05, 0.1) is 24.8 Å². The molecule has 1 aliphatic rings. The fourth-order valence-corrected chi connectivity index (χ4v) is 3.21. The molecule has 4 nitrogen and oxygen atoms in total. The van der Waals surface area contributed by atoms with Gasteiger partial charge in [0.25, 0.3) is 0 Å². The van der Waals surface area contributed by atoms with E-state index in [0.717, 1.165) is 23.0 Å². The molecule has 2 N–H and O–H groups in total. The van der Waals surface area contributed by atoms with E-state index in [1.807, 2.05) is 12.1 Å². The Morgan fingerprint density at radius 1 is 1.35 bits per heavy atom. The van der Waals surface area contributed by atoms with Gasteiger partial charge in [-0.15, -0.1) is 0 Å². The maximum Gasteiger partial charge on any atom is 0.174 e. The van der Waals surface area contributed by atoms with Crippen molar-refractivity contribution in [1.29, 1.82) is 0 Å². The summed E-state index contributed by atoms with van der Waals surface area (Å²) in [6, 6.07) is 4.33. The third-order valence-electron chi connectivity index (χ3n) is 4.26. The van der Waals surface area contributed by atoms with Crippen LogP contribution in [-0.2, 0) is 6.54 Å². The summed E-state index contributed by atoms with van der Waals surface area (Å²) in [6.07, 6.45) is 0.596. The van der Waals surface area contributed by atoms with Crippen LogP contribution >= 0.6 is 15.9 Å². The predicted octanol–water partition coefficient (Wildman–Crippen LogP) is 2.72. The molecule has 2 unspecified atom stereocenters. The van der Waals surface area contributed by atoms with Gasteiger partial charge in [0.15, 0.2) is 11.5 Å². The van der Waals surface area contributed by atoms with Crippen LogP contribution in [0.2, 0.25) is 0 Å². The summed E-state index contributed by atoms with van der Waals surface area (Å²) in [5, 5.41) is 13.2. The number of aliphatic hydroxyl groups excluding tert-OH is 1. The summed E-state index contributed by atoms with van der Waals surface area (Å²) in [5.74, 6) is 1.42. The zero-order valence-electron chi connectivity index (χ0n) is 12.4. The molecule has 0 bridgehead atoms. The first kappa shape index (κ1) is 15.6. The van der Waals surface area contributed by atoms with Crippen molar-refractivity contribution in [3.63, 3.8) is 0 Å². The summed E-state index contributed by atoms with van der Waals surface area (Å²) in [7, 11) is 3.26. The number of hydrogen-bond acceptors (Lipinski definition) is 4. The highest BCUT2D eigenvalue weighted by molar-refractivity contribution is 9.10. The summed E-state index contributed by atoms with van der Waals surface area (Å²) in [5.41, 5.74) is 1.06. The van der Waals surface area contributed by atoms with E-state index >= 15 is 0 Å². The van der Waals surface area contributed by atoms with E-state index < -0.39 is 0 Å². The maximum absolute atomic E-state index is 9.75. The quantitative estimate of drug-likeness (QED) is 0.862. The van der Waals surface area contributed by atoms with Crippen molar-refractivity contribution in [2.24, 2.45) is 5.41 Å². The topological polar surface area (TPSA) is 50.7 Å². The molecular formula is C15H22BrNO3. The molecule has 0 aromatic heterocycles. The van der Waals surface area contributed by atoms with Crippen molar-refractivity contribution >= 4 is 15.9 Å². The number of nitrogens with one attached hydrogen (secondary N) is 1. The lowest BCUT2D eigenvalue weighted by Gasteiger charge is -2.49. The van der Waals surface area contributed by atoms with Crippen molar-refractivity contribution in [3.05, 3.63) is 22.2 Å². The Kier molecular flexibility index (Phi) is 4.62. The van der Waals surface area contributed by atoms with Crippen LogP contribution in [0.15, 0.2) is 16.6 Å². The molecule has 1 saturated carbocycles. The molecule has 1 aromatic rings. The Balaban J connectivity index is 2.06. The molecular weight excluding hydrogens is 322 g/mol. The smallest absolute Gasteiger partial charge is 0.174 e. The average molecular weight is 344 g/mol. The molecule has 20 heavy (non-hydrogen) atoms. The van der Waals surface area contributed by atoms with Gasteiger partial charge in [-0.3, -0.25) is 0 Å². The fraction of sp³-hybridized carbons (Fsp3) is 0.600. The van der Waals surface area contributed by atoms with Crippen molar-refractivity contribution in [2.75, 3.05) is 14.2 Å². The molecule has 0 amide bonds. The van der Waals surface area contributed by atoms with E-state index in [9.17, 15) is 5.11 Å². The van der Waals surface area contributed by atoms with Crippen molar-refractivity contribution < 1.29 is 14.6 Å². The molecule has 112 valence electrons. The highest BCUT2D eigenvalue weighted by atomic mass is 79.9. The first-order chi connectivity index (χ1) is 9.40. The van der Waals surface area contributed by atoms with Gasteiger partial charge in [-0.2, -0.15) is 0 Å². The Morgan fingerprint density at radius 3 is 2.55 bits per heavy atom. The van der Waals surface area contributed by atoms with Crippen molar-refractivity contribution in [2.45, 2.75) is 39.0 Å². The second-order valence-corrected chi connectivity index (χ2v) is 6.67. The highest BCUT2D eigenvalue weighted by Crippen LogP contribution is 2.41. The van der Waals surface area contributed by atoms with Crippen LogP contribution in [-0.4, -0.2) is 31.5 Å². The maximum atomic E-state index is 9.75. The van der Waals surface area contributed by atoms with Gasteiger partial charge in [-0.05, 0) is 40.0 Å². The second-order valence-electron chi connectivity index (χ2n) is 5.82. The molecule has 2 rings (SSSR count). The predicted molar refractivity (Wildman–Crippen MR) is 82.3 cm³/mol. The number of halogens is 1. The Labute approximate surface area is 128 Å². The third-order valence-corrected chi connectivity index (χ3v) is 4.85. The lowest BCUT2D eigenvalue weighted by atomic mass is 9.64. The van der Waals surface area contributed by atoms with E-state index in [-0.39, 0.29) is 11.5 Å². The molecule has 0 saturated heterocycles. The van der Waals surface area contributed by atoms with Crippen molar-refractivity contribution in [3.8, 4) is 11.5 Å². The minimum atomic E-state index is -0.211. The lowest BCUT2D eigenvalue weighted by Crippen LogP contribution is -2.59. The van der Waals surface area contributed by atoms with E-state index in [0.29, 0.717) is 17.5 Å². The monoisotopic (exact) mass is 343 g/mol. The average Bonchev–Trinajstić information content (AvgIpc) is 2.42. The van der Waals surface area contributed by atoms with Gasteiger partial charge >= 0.3 is 0 Å². The van der Waals surface area contributed by atoms with Gasteiger partial charge in [0.1, 0.15) is 0 Å². The molecule has 0 heterocycles. The molecule has 5 heteroatoms. The SMILES string of the molecule is COc1cc(CNC2CC(O)C2(C)C)cc(Br)c1OC. The fourth-order valence-electron chi connectivity index (χ4n) is 2.56. The zero-order chi connectivity index (χ0) is 14.9. The van der Waals surface area contributed by atoms with Gasteiger partial charge in [0, 0.05) is 18.0 Å². The molecule has 1 aliphatic carbocycles. The van der Waals surface area contributed by atoms with Gasteiger partial charge in [-0.1, -0.05) is 13.8 Å². The number of methoxy groups -OCH3 is 2. The zero-order valence-corrected chi connectivity index (χ0v) is 14.0. The van der Waals surface area contributed by atoms with E-state index in [1.165, 1.54) is 0 Å². The normalized spacial score (nSPS) is 24.1. The van der Waals surface area contributed by atoms with Crippen LogP contribution in [0.1, 0.15) is 25.8 Å². The minimum absolute atomic E-state index is 0.0617. The van der Waals surface area contributed by atoms with Gasteiger partial charge in [-0.25, -0.2) is 0 Å². The van der Waals surface area contributed by atoms with E-state index in [1.54, 1.807) is 14.2 Å². The highest BCUT2D eigenvalue weighted by Gasteiger charge is 2.46. The second kappa shape index (κ2) is 5.92. The Bertz CT molecular complexity index is 490. The Hall–Kier alpha value is -0.780. The molecule has 0 spiro atoms. The summed E-state index contributed by atoms with van der Waals surface area (Å²) in [6.45, 7) is 4.91. The van der Waals surface area contributed by atoms with Crippen LogP contribution in [0.4, 0.5) is 0 Å². The number of benzene rings is 1. The minimum Gasteiger partial charge on any atom is -0.493 e. The van der Waals surface area contributed by atoms with Gasteiger partial charge in [0.2, 0.25) is 0 Å². The number of hydrogen-bond donors (Lipinski definition) is 2. The first-order valence-corrected chi connectivity index (χ1v) is 7.51. The standard InChI is InChI=1S/C15H22BrNO3/c1-15(2)12(7-13(15)18)17-8-9-5-10(16)14(20-4)11(6-9)19-3/h5-6,12-13,17-18H,7-8H2,1-4H3. The molecule has 0 aliphatic heterocycles. The third kappa shape index (κ3) is 2.80. The van der Waals surface area contributed by atoms with Crippen LogP contribution in [0.3, 0.4) is 0 Å². The number of aliphatic hydroxyl groups is 1. The summed E-state index contributed by atoms with van der Waals surface area (Å²) < 4.78 is 11.5. The van der Waals surface area contributed by atoms with Crippen LogP contribution in [0, 0.1) is 5.41 Å². The lowest BCUT2D eigenvalue weighted by molar-refractivity contribution is -0.0729. The molecule has 1 aromatic carbocycles. The van der Waals surface area contributed by atoms with Crippen LogP contribution in [0.5, 0.6) is 11.5 Å². The number of ether oxygens (including phenoxy) is 2. The molecule has 0 radical (unpaired) electrons. The van der Waals surface area contributed by atoms with Crippen LogP contribution in [0.25, 0.3) is 0 Å². The van der Waals surface area contributed by atoms with E-state index in [2.05, 4.69) is 35.1 Å². The number of rotatable bonds is 5.